The SMILES string of the molecule is COc1ccc(CS(=O)c2cc(F)ccc2N)cc1C#N. The molecule has 0 bridgehead atoms. The van der Waals surface area contributed by atoms with Gasteiger partial charge in [0.1, 0.15) is 17.6 Å². The van der Waals surface area contributed by atoms with Gasteiger partial charge in [-0.2, -0.15) is 5.26 Å². The highest BCUT2D eigenvalue weighted by molar-refractivity contribution is 7.84. The lowest BCUT2D eigenvalue weighted by Crippen LogP contribution is -2.02. The zero-order valence-electron chi connectivity index (χ0n) is 11.3. The third-order valence-corrected chi connectivity index (χ3v) is 4.34. The van der Waals surface area contributed by atoms with Crippen LogP contribution in [0.5, 0.6) is 5.75 Å². The summed E-state index contributed by atoms with van der Waals surface area (Å²) in [5.41, 5.74) is 7.04. The summed E-state index contributed by atoms with van der Waals surface area (Å²) in [5, 5.41) is 9.03. The van der Waals surface area contributed by atoms with Crippen LogP contribution in [0.4, 0.5) is 10.1 Å². The quantitative estimate of drug-likeness (QED) is 0.881. The van der Waals surface area contributed by atoms with Crippen molar-refractivity contribution in [2.75, 3.05) is 12.8 Å². The molecule has 0 saturated carbocycles. The van der Waals surface area contributed by atoms with E-state index in [1.54, 1.807) is 18.2 Å². The molecule has 2 N–H and O–H groups in total. The third kappa shape index (κ3) is 3.38. The lowest BCUT2D eigenvalue weighted by atomic mass is 10.1. The first-order valence-corrected chi connectivity index (χ1v) is 7.37. The smallest absolute Gasteiger partial charge is 0.136 e. The summed E-state index contributed by atoms with van der Waals surface area (Å²) in [6, 6.07) is 10.7. The standard InChI is InChI=1S/C15H13FN2O2S/c1-20-14-5-2-10(6-11(14)8-17)9-21(19)15-7-12(16)3-4-13(15)18/h2-7H,9,18H2,1H3. The van der Waals surface area contributed by atoms with E-state index < -0.39 is 16.6 Å². The van der Waals surface area contributed by atoms with Crippen LogP contribution >= 0.6 is 0 Å². The number of methoxy groups -OCH3 is 1. The number of nitriles is 1. The topological polar surface area (TPSA) is 76.1 Å². The van der Waals surface area contributed by atoms with Gasteiger partial charge < -0.3 is 10.5 Å². The van der Waals surface area contributed by atoms with Crippen molar-refractivity contribution in [2.45, 2.75) is 10.6 Å². The summed E-state index contributed by atoms with van der Waals surface area (Å²) in [6.45, 7) is 0. The first kappa shape index (κ1) is 15.0. The molecule has 1 unspecified atom stereocenters. The lowest BCUT2D eigenvalue weighted by Gasteiger charge is -2.08. The minimum absolute atomic E-state index is 0.145. The van der Waals surface area contributed by atoms with Crippen molar-refractivity contribution < 1.29 is 13.3 Å². The Morgan fingerprint density at radius 2 is 2.10 bits per heavy atom. The molecule has 0 aliphatic carbocycles. The van der Waals surface area contributed by atoms with Crippen molar-refractivity contribution >= 4 is 16.5 Å². The van der Waals surface area contributed by atoms with Crippen LogP contribution < -0.4 is 10.5 Å². The van der Waals surface area contributed by atoms with E-state index in [9.17, 15) is 8.60 Å². The summed E-state index contributed by atoms with van der Waals surface area (Å²) < 4.78 is 30.6. The molecule has 2 aromatic rings. The van der Waals surface area contributed by atoms with Gasteiger partial charge in [-0.25, -0.2) is 4.39 Å². The second-order valence-electron chi connectivity index (χ2n) is 4.32. The van der Waals surface area contributed by atoms with Crippen molar-refractivity contribution in [3.63, 3.8) is 0 Å². The number of halogens is 1. The van der Waals surface area contributed by atoms with Gasteiger partial charge in [0.15, 0.2) is 0 Å². The maximum Gasteiger partial charge on any atom is 0.136 e. The van der Waals surface area contributed by atoms with Crippen LogP contribution in [-0.2, 0) is 16.6 Å². The number of nitrogens with two attached hydrogens (primary N) is 1. The Hall–Kier alpha value is -2.39. The minimum Gasteiger partial charge on any atom is -0.495 e. The number of ether oxygens (including phenoxy) is 1. The summed E-state index contributed by atoms with van der Waals surface area (Å²) in [7, 11) is -0.0166. The number of nitrogen functional groups attached to an aromatic ring is 1. The summed E-state index contributed by atoms with van der Waals surface area (Å²) in [6.07, 6.45) is 0. The largest absolute Gasteiger partial charge is 0.495 e. The van der Waals surface area contributed by atoms with Gasteiger partial charge in [-0.1, -0.05) is 6.07 Å². The number of rotatable bonds is 4. The summed E-state index contributed by atoms with van der Waals surface area (Å²) in [4.78, 5) is 0.254. The Bertz CT molecular complexity index is 741. The van der Waals surface area contributed by atoms with E-state index in [2.05, 4.69) is 0 Å². The average molecular weight is 304 g/mol. The zero-order chi connectivity index (χ0) is 15.4. The first-order valence-electron chi connectivity index (χ1n) is 6.05. The highest BCUT2D eigenvalue weighted by Gasteiger charge is 2.12. The van der Waals surface area contributed by atoms with Gasteiger partial charge in [0.25, 0.3) is 0 Å². The molecule has 0 aliphatic rings. The highest BCUT2D eigenvalue weighted by Crippen LogP contribution is 2.23. The molecular weight excluding hydrogens is 291 g/mol. The Morgan fingerprint density at radius 3 is 2.76 bits per heavy atom. The molecule has 0 aromatic heterocycles. The number of hydrogen-bond acceptors (Lipinski definition) is 4. The van der Waals surface area contributed by atoms with Crippen LogP contribution in [-0.4, -0.2) is 11.3 Å². The van der Waals surface area contributed by atoms with Gasteiger partial charge >= 0.3 is 0 Å². The molecule has 0 spiro atoms. The molecule has 21 heavy (non-hydrogen) atoms. The average Bonchev–Trinajstić information content (AvgIpc) is 2.49. The Kier molecular flexibility index (Phi) is 4.55. The van der Waals surface area contributed by atoms with Crippen LogP contribution in [0.2, 0.25) is 0 Å². The molecule has 0 saturated heterocycles. The molecule has 0 heterocycles. The highest BCUT2D eigenvalue weighted by atomic mass is 32.2. The van der Waals surface area contributed by atoms with E-state index in [4.69, 9.17) is 15.7 Å². The normalized spacial score (nSPS) is 11.7. The minimum atomic E-state index is -1.49. The van der Waals surface area contributed by atoms with E-state index in [1.165, 1.54) is 25.3 Å². The van der Waals surface area contributed by atoms with E-state index in [0.29, 0.717) is 16.9 Å². The number of hydrogen-bond donors (Lipinski definition) is 1. The monoisotopic (exact) mass is 304 g/mol. The maximum absolute atomic E-state index is 13.2. The number of nitrogens with zero attached hydrogens (tertiary/aromatic N) is 1. The predicted octanol–water partition coefficient (Wildman–Crippen LogP) is 2.60. The van der Waals surface area contributed by atoms with Crippen LogP contribution in [0.3, 0.4) is 0 Å². The number of benzene rings is 2. The number of anilines is 1. The third-order valence-electron chi connectivity index (χ3n) is 2.90. The van der Waals surface area contributed by atoms with Gasteiger partial charge in [-0.15, -0.1) is 0 Å². The van der Waals surface area contributed by atoms with Crippen molar-refractivity contribution in [3.8, 4) is 11.8 Å². The summed E-state index contributed by atoms with van der Waals surface area (Å²) in [5.74, 6) is 0.115. The molecule has 6 heteroatoms. The molecule has 1 atom stereocenters. The first-order chi connectivity index (χ1) is 10.0. The Morgan fingerprint density at radius 1 is 1.33 bits per heavy atom. The molecule has 0 fully saturated rings. The molecular formula is C15H13FN2O2S. The van der Waals surface area contributed by atoms with E-state index in [-0.39, 0.29) is 16.3 Å². The fraction of sp³-hybridized carbons (Fsp3) is 0.133. The molecule has 2 rings (SSSR count). The van der Waals surface area contributed by atoms with Gasteiger partial charge in [0.05, 0.1) is 34.1 Å². The van der Waals surface area contributed by atoms with Crippen LogP contribution in [0, 0.1) is 17.1 Å². The summed E-state index contributed by atoms with van der Waals surface area (Å²) >= 11 is 0. The Balaban J connectivity index is 2.28. The van der Waals surface area contributed by atoms with Gasteiger partial charge in [0, 0.05) is 5.69 Å². The van der Waals surface area contributed by atoms with E-state index in [0.717, 1.165) is 0 Å². The van der Waals surface area contributed by atoms with Crippen molar-refractivity contribution in [2.24, 2.45) is 0 Å². The van der Waals surface area contributed by atoms with Crippen molar-refractivity contribution in [1.29, 1.82) is 5.26 Å². The van der Waals surface area contributed by atoms with Crippen molar-refractivity contribution in [3.05, 3.63) is 53.3 Å². The fourth-order valence-electron chi connectivity index (χ4n) is 1.87. The molecule has 2 aromatic carbocycles. The zero-order valence-corrected chi connectivity index (χ0v) is 12.1. The Labute approximate surface area is 124 Å². The molecule has 0 amide bonds. The van der Waals surface area contributed by atoms with E-state index >= 15 is 0 Å². The predicted molar refractivity (Wildman–Crippen MR) is 78.6 cm³/mol. The molecule has 0 aliphatic heterocycles. The van der Waals surface area contributed by atoms with E-state index in [1.807, 2.05) is 6.07 Å². The second kappa shape index (κ2) is 6.37. The van der Waals surface area contributed by atoms with Gasteiger partial charge in [0.2, 0.25) is 0 Å². The second-order valence-corrected chi connectivity index (χ2v) is 5.74. The molecule has 0 radical (unpaired) electrons. The lowest BCUT2D eigenvalue weighted by molar-refractivity contribution is 0.413. The van der Waals surface area contributed by atoms with Gasteiger partial charge in [-0.05, 0) is 35.9 Å². The van der Waals surface area contributed by atoms with Crippen LogP contribution in [0.1, 0.15) is 11.1 Å². The van der Waals surface area contributed by atoms with Gasteiger partial charge in [-0.3, -0.25) is 4.21 Å². The van der Waals surface area contributed by atoms with Crippen LogP contribution in [0.15, 0.2) is 41.3 Å². The maximum atomic E-state index is 13.2. The fourth-order valence-corrected chi connectivity index (χ4v) is 3.08. The molecule has 4 nitrogen and oxygen atoms in total. The van der Waals surface area contributed by atoms with Crippen molar-refractivity contribution in [1.82, 2.24) is 0 Å². The molecule has 108 valence electrons. The van der Waals surface area contributed by atoms with Crippen LogP contribution in [0.25, 0.3) is 0 Å².